The lowest BCUT2D eigenvalue weighted by Crippen LogP contribution is -1.87. The van der Waals surface area contributed by atoms with Crippen LogP contribution in [0.4, 0.5) is 0 Å². The summed E-state index contributed by atoms with van der Waals surface area (Å²) in [6, 6.07) is 51.1. The van der Waals surface area contributed by atoms with Crippen molar-refractivity contribution in [1.82, 2.24) is 20.4 Å². The van der Waals surface area contributed by atoms with E-state index in [-0.39, 0.29) is 0 Å². The van der Waals surface area contributed by atoms with Crippen LogP contribution >= 0.6 is 0 Å². The fourth-order valence-corrected chi connectivity index (χ4v) is 5.34. The Kier molecular flexibility index (Phi) is 11.1. The number of hydrogen-bond donors (Lipinski definition) is 2. The number of hydrogen-bond acceptors (Lipinski definition) is 2. The van der Waals surface area contributed by atoms with Crippen LogP contribution in [0.1, 0.15) is 49.9 Å². The molecule has 0 atom stereocenters. The molecule has 2 heterocycles. The van der Waals surface area contributed by atoms with Gasteiger partial charge in [-0.25, -0.2) is 0 Å². The molecule has 2 aromatic heterocycles. The second kappa shape index (κ2) is 16.0. The first kappa shape index (κ1) is 31.9. The van der Waals surface area contributed by atoms with Crippen molar-refractivity contribution in [2.45, 2.75) is 40.5 Å². The number of nitrogens with zero attached hydrogens (tertiary/aromatic N) is 2. The predicted octanol–water partition coefficient (Wildman–Crippen LogP) is 11.0. The van der Waals surface area contributed by atoms with Crippen LogP contribution < -0.4 is 0 Å². The number of benzene rings is 5. The number of rotatable bonds is 8. The van der Waals surface area contributed by atoms with Gasteiger partial charge >= 0.3 is 0 Å². The van der Waals surface area contributed by atoms with Crippen LogP contribution in [-0.4, -0.2) is 20.4 Å². The highest BCUT2D eigenvalue weighted by Crippen LogP contribution is 2.29. The third kappa shape index (κ3) is 7.96. The van der Waals surface area contributed by atoms with Gasteiger partial charge in [0.1, 0.15) is 0 Å². The molecule has 0 aliphatic heterocycles. The highest BCUT2D eigenvalue weighted by molar-refractivity contribution is 5.74. The minimum absolute atomic E-state index is 0.907. The number of nitrogens with one attached hydrogen (secondary N) is 2. The summed E-state index contributed by atoms with van der Waals surface area (Å²) < 4.78 is 0. The summed E-state index contributed by atoms with van der Waals surface area (Å²) in [5.74, 6) is 0. The quantitative estimate of drug-likeness (QED) is 0.182. The third-order valence-electron chi connectivity index (χ3n) is 7.64. The first-order valence-corrected chi connectivity index (χ1v) is 16.2. The molecule has 5 aromatic carbocycles. The largest absolute Gasteiger partial charge is 0.277 e. The van der Waals surface area contributed by atoms with Gasteiger partial charge in [0.05, 0.1) is 22.8 Å². The molecule has 0 spiro atoms. The van der Waals surface area contributed by atoms with Gasteiger partial charge in [0, 0.05) is 11.1 Å². The van der Waals surface area contributed by atoms with Crippen molar-refractivity contribution in [3.63, 3.8) is 0 Å². The number of aromatic nitrogens is 4. The highest BCUT2D eigenvalue weighted by atomic mass is 15.1. The summed E-state index contributed by atoms with van der Waals surface area (Å²) in [5.41, 5.74) is 13.4. The van der Waals surface area contributed by atoms with Gasteiger partial charge in [-0.05, 0) is 64.4 Å². The lowest BCUT2D eigenvalue weighted by Gasteiger charge is -2.03. The van der Waals surface area contributed by atoms with Crippen molar-refractivity contribution in [1.29, 1.82) is 0 Å². The Bertz CT molecular complexity index is 1760. The molecular weight excluding hydrogens is 560 g/mol. The summed E-state index contributed by atoms with van der Waals surface area (Å²) in [4.78, 5) is 0. The van der Waals surface area contributed by atoms with Crippen LogP contribution in [-0.2, 0) is 12.8 Å². The first-order valence-electron chi connectivity index (χ1n) is 16.2. The van der Waals surface area contributed by atoms with E-state index >= 15 is 0 Å². The van der Waals surface area contributed by atoms with E-state index in [1.807, 2.05) is 27.7 Å². The van der Waals surface area contributed by atoms with Crippen LogP contribution in [0.2, 0.25) is 0 Å². The summed E-state index contributed by atoms with van der Waals surface area (Å²) in [5, 5.41) is 15.7. The predicted molar refractivity (Wildman–Crippen MR) is 194 cm³/mol. The molecule has 0 saturated heterocycles. The molecule has 4 nitrogen and oxygen atoms in total. The van der Waals surface area contributed by atoms with Crippen molar-refractivity contribution in [2.24, 2.45) is 0 Å². The minimum Gasteiger partial charge on any atom is -0.277 e. The Morgan fingerprint density at radius 3 is 1.13 bits per heavy atom. The maximum Gasteiger partial charge on any atom is 0.0927 e. The molecule has 7 aromatic rings. The fraction of sp³-hybridized carbons (Fsp3) is 0.143. The zero-order chi connectivity index (χ0) is 32.1. The molecule has 0 aliphatic rings. The molecule has 0 radical (unpaired) electrons. The molecule has 0 unspecified atom stereocenters. The lowest BCUT2D eigenvalue weighted by atomic mass is 10.0. The molecular formula is C42H42N4. The SMILES string of the molecule is CC.CC.c1ccc(Cc2ccc(-c3cc(-c4cccc(-c5cc(-c6ccc(Cc7ccccc7)cc6)[nH]n5)c4)n[nH]3)cc2)cc1. The summed E-state index contributed by atoms with van der Waals surface area (Å²) in [7, 11) is 0. The lowest BCUT2D eigenvalue weighted by molar-refractivity contribution is 1.09. The normalized spacial score (nSPS) is 10.3. The Morgan fingerprint density at radius 2 is 0.739 bits per heavy atom. The Morgan fingerprint density at radius 1 is 0.370 bits per heavy atom. The van der Waals surface area contributed by atoms with Gasteiger partial charge < -0.3 is 0 Å². The van der Waals surface area contributed by atoms with Crippen LogP contribution in [0.25, 0.3) is 45.0 Å². The average molecular weight is 603 g/mol. The molecule has 0 amide bonds. The van der Waals surface area contributed by atoms with Crippen molar-refractivity contribution < 1.29 is 0 Å². The van der Waals surface area contributed by atoms with Crippen molar-refractivity contribution in [2.75, 3.05) is 0 Å². The van der Waals surface area contributed by atoms with Crippen LogP contribution in [0.15, 0.2) is 146 Å². The van der Waals surface area contributed by atoms with E-state index in [4.69, 9.17) is 0 Å². The van der Waals surface area contributed by atoms with Gasteiger partial charge in [0.25, 0.3) is 0 Å². The number of aromatic amines is 2. The smallest absolute Gasteiger partial charge is 0.0927 e. The monoisotopic (exact) mass is 602 g/mol. The van der Waals surface area contributed by atoms with E-state index in [9.17, 15) is 0 Å². The van der Waals surface area contributed by atoms with Crippen molar-refractivity contribution in [3.05, 3.63) is 168 Å². The second-order valence-electron chi connectivity index (χ2n) is 10.6. The molecule has 0 aliphatic carbocycles. The Balaban J connectivity index is 0.00000100. The van der Waals surface area contributed by atoms with Crippen LogP contribution in [0.3, 0.4) is 0 Å². The first-order chi connectivity index (χ1) is 22.8. The van der Waals surface area contributed by atoms with E-state index in [1.165, 1.54) is 22.3 Å². The molecule has 4 heteroatoms. The molecule has 230 valence electrons. The Labute approximate surface area is 273 Å². The molecule has 7 rings (SSSR count). The van der Waals surface area contributed by atoms with E-state index in [1.54, 1.807) is 0 Å². The number of H-pyrrole nitrogens is 2. The second-order valence-corrected chi connectivity index (χ2v) is 10.6. The maximum absolute atomic E-state index is 4.63. The van der Waals surface area contributed by atoms with Gasteiger partial charge in [0.15, 0.2) is 0 Å². The maximum atomic E-state index is 4.63. The van der Waals surface area contributed by atoms with Gasteiger partial charge in [-0.15, -0.1) is 0 Å². The molecule has 2 N–H and O–H groups in total. The topological polar surface area (TPSA) is 57.4 Å². The van der Waals surface area contributed by atoms with Crippen molar-refractivity contribution >= 4 is 0 Å². The standard InChI is InChI=1S/C38H30N4.2C2H6/c1-3-8-27(9-4-1)22-29-14-18-31(19-15-29)35-25-37(41-39-35)33-12-7-13-34(24-33)38-26-36(40-42-38)32-20-16-30(17-21-32)23-28-10-5-2-6-11-28;2*1-2/h1-21,24-26H,22-23H2,(H,39,41)(H,40,42);2*1-2H3. The third-order valence-corrected chi connectivity index (χ3v) is 7.64. The molecule has 0 bridgehead atoms. The summed E-state index contributed by atoms with van der Waals surface area (Å²) >= 11 is 0. The Hall–Kier alpha value is -5.48. The highest BCUT2D eigenvalue weighted by Gasteiger charge is 2.11. The zero-order valence-electron chi connectivity index (χ0n) is 27.2. The molecule has 46 heavy (non-hydrogen) atoms. The minimum atomic E-state index is 0.907. The zero-order valence-corrected chi connectivity index (χ0v) is 27.2. The van der Waals surface area contributed by atoms with E-state index < -0.39 is 0 Å². The van der Waals surface area contributed by atoms with E-state index in [2.05, 4.69) is 166 Å². The van der Waals surface area contributed by atoms with E-state index in [0.717, 1.165) is 57.9 Å². The van der Waals surface area contributed by atoms with Gasteiger partial charge in [-0.3, -0.25) is 10.2 Å². The van der Waals surface area contributed by atoms with Crippen LogP contribution in [0, 0.1) is 0 Å². The van der Waals surface area contributed by atoms with Crippen molar-refractivity contribution in [3.8, 4) is 45.0 Å². The van der Waals surface area contributed by atoms with Gasteiger partial charge in [0.2, 0.25) is 0 Å². The van der Waals surface area contributed by atoms with Crippen LogP contribution in [0.5, 0.6) is 0 Å². The molecule has 0 fully saturated rings. The summed E-state index contributed by atoms with van der Waals surface area (Å²) in [6.45, 7) is 8.00. The van der Waals surface area contributed by atoms with Gasteiger partial charge in [-0.2, -0.15) is 10.2 Å². The summed E-state index contributed by atoms with van der Waals surface area (Å²) in [6.07, 6.45) is 1.85. The van der Waals surface area contributed by atoms with E-state index in [0.29, 0.717) is 0 Å². The molecule has 0 saturated carbocycles. The fourth-order valence-electron chi connectivity index (χ4n) is 5.34. The average Bonchev–Trinajstić information content (AvgIpc) is 3.84. The van der Waals surface area contributed by atoms with Gasteiger partial charge in [-0.1, -0.05) is 155 Å².